The number of carboxylic acid groups (broad SMARTS) is 1. The molecule has 21 heavy (non-hydrogen) atoms. The van der Waals surface area contributed by atoms with Gasteiger partial charge in [-0.1, -0.05) is 13.8 Å². The Morgan fingerprint density at radius 2 is 1.90 bits per heavy atom. The van der Waals surface area contributed by atoms with Gasteiger partial charge < -0.3 is 10.0 Å². The molecule has 5 heteroatoms. The summed E-state index contributed by atoms with van der Waals surface area (Å²) in [4.78, 5) is 29.4. The second-order valence-electron chi connectivity index (χ2n) is 6.01. The molecule has 0 atom stereocenters. The molecule has 1 amide bonds. The van der Waals surface area contributed by atoms with Crippen molar-refractivity contribution in [1.29, 1.82) is 0 Å². The molecule has 2 rings (SSSR count). The largest absolute Gasteiger partial charge is 0.478 e. The lowest BCUT2D eigenvalue weighted by molar-refractivity contribution is 0.0655. The Bertz CT molecular complexity index is 546. The predicted molar refractivity (Wildman–Crippen MR) is 79.4 cm³/mol. The Balaban J connectivity index is 2.08. The van der Waals surface area contributed by atoms with Crippen molar-refractivity contribution in [3.8, 4) is 0 Å². The van der Waals surface area contributed by atoms with Crippen LogP contribution in [-0.4, -0.2) is 40.0 Å². The van der Waals surface area contributed by atoms with E-state index in [9.17, 15) is 9.59 Å². The Labute approximate surface area is 125 Å². The molecular weight excluding hydrogens is 268 g/mol. The third-order valence-corrected chi connectivity index (χ3v) is 4.30. The number of piperidine rings is 1. The number of likely N-dealkylation sites (tertiary alicyclic amines) is 1. The molecule has 5 nitrogen and oxygen atoms in total. The molecule has 0 radical (unpaired) electrons. The third kappa shape index (κ3) is 3.40. The summed E-state index contributed by atoms with van der Waals surface area (Å²) in [7, 11) is 0. The summed E-state index contributed by atoms with van der Waals surface area (Å²) in [6.45, 7) is 7.56. The van der Waals surface area contributed by atoms with Gasteiger partial charge in [0.2, 0.25) is 0 Å². The molecule has 1 N–H and O–H groups in total. The van der Waals surface area contributed by atoms with Gasteiger partial charge in [-0.15, -0.1) is 0 Å². The number of carbonyl (C=O) groups excluding carboxylic acids is 1. The first kappa shape index (κ1) is 15.5. The molecule has 0 aromatic carbocycles. The van der Waals surface area contributed by atoms with Crippen LogP contribution in [0.1, 0.15) is 53.2 Å². The average molecular weight is 290 g/mol. The van der Waals surface area contributed by atoms with Crippen molar-refractivity contribution in [3.63, 3.8) is 0 Å². The van der Waals surface area contributed by atoms with Crippen molar-refractivity contribution >= 4 is 11.9 Å². The summed E-state index contributed by atoms with van der Waals surface area (Å²) >= 11 is 0. The van der Waals surface area contributed by atoms with E-state index in [4.69, 9.17) is 5.11 Å². The van der Waals surface area contributed by atoms with E-state index in [-0.39, 0.29) is 11.5 Å². The van der Waals surface area contributed by atoms with Crippen LogP contribution in [0.15, 0.2) is 12.1 Å². The molecule has 1 aromatic heterocycles. The molecule has 1 fully saturated rings. The third-order valence-electron chi connectivity index (χ3n) is 4.30. The maximum Gasteiger partial charge on any atom is 0.337 e. The van der Waals surface area contributed by atoms with E-state index in [2.05, 4.69) is 18.8 Å². The molecule has 1 aliphatic rings. The van der Waals surface area contributed by atoms with Crippen LogP contribution in [0.25, 0.3) is 0 Å². The quantitative estimate of drug-likeness (QED) is 0.929. The average Bonchev–Trinajstić information content (AvgIpc) is 2.46. The lowest BCUT2D eigenvalue weighted by atomic mass is 9.86. The van der Waals surface area contributed by atoms with Crippen molar-refractivity contribution in [1.82, 2.24) is 9.88 Å². The van der Waals surface area contributed by atoms with Gasteiger partial charge >= 0.3 is 5.97 Å². The summed E-state index contributed by atoms with van der Waals surface area (Å²) in [6, 6.07) is 2.96. The summed E-state index contributed by atoms with van der Waals surface area (Å²) in [5.41, 5.74) is 0.857. The number of nitrogens with zero attached hydrogens (tertiary/aromatic N) is 2. The fourth-order valence-corrected chi connectivity index (χ4v) is 2.84. The number of pyridine rings is 1. The summed E-state index contributed by atoms with van der Waals surface area (Å²) < 4.78 is 0. The second-order valence-corrected chi connectivity index (χ2v) is 6.01. The van der Waals surface area contributed by atoms with E-state index in [0.717, 1.165) is 25.9 Å². The normalized spacial score (nSPS) is 16.3. The van der Waals surface area contributed by atoms with Gasteiger partial charge in [0.25, 0.3) is 5.91 Å². The maximum absolute atomic E-state index is 12.4. The highest BCUT2D eigenvalue weighted by Gasteiger charge is 2.26. The number of rotatable bonds is 3. The van der Waals surface area contributed by atoms with Gasteiger partial charge in [-0.25, -0.2) is 9.78 Å². The number of hydrogen-bond donors (Lipinski definition) is 1. The minimum Gasteiger partial charge on any atom is -0.478 e. The Morgan fingerprint density at radius 3 is 2.38 bits per heavy atom. The van der Waals surface area contributed by atoms with Crippen molar-refractivity contribution < 1.29 is 14.7 Å². The van der Waals surface area contributed by atoms with Gasteiger partial charge in [-0.05, 0) is 43.7 Å². The van der Waals surface area contributed by atoms with Crippen LogP contribution in [0, 0.1) is 18.8 Å². The lowest BCUT2D eigenvalue weighted by Gasteiger charge is -2.33. The van der Waals surface area contributed by atoms with E-state index >= 15 is 0 Å². The minimum atomic E-state index is -1.02. The van der Waals surface area contributed by atoms with E-state index in [1.807, 2.05) is 4.90 Å². The fraction of sp³-hybridized carbons (Fsp3) is 0.562. The van der Waals surface area contributed by atoms with Crippen LogP contribution in [0.3, 0.4) is 0 Å². The smallest absolute Gasteiger partial charge is 0.337 e. The van der Waals surface area contributed by atoms with Gasteiger partial charge in [0.15, 0.2) is 0 Å². The standard InChI is InChI=1S/C16H22N2O3/c1-10(2)12-6-8-18(9-7-12)15(19)14-5-4-13(16(20)21)11(3)17-14/h4-5,10,12H,6-9H2,1-3H3,(H,20,21). The van der Waals surface area contributed by atoms with E-state index in [1.54, 1.807) is 6.92 Å². The molecule has 0 spiro atoms. The molecule has 0 aliphatic carbocycles. The van der Waals surface area contributed by atoms with Gasteiger partial charge in [0.1, 0.15) is 5.69 Å². The van der Waals surface area contributed by atoms with E-state index in [0.29, 0.717) is 23.2 Å². The fourth-order valence-electron chi connectivity index (χ4n) is 2.84. The maximum atomic E-state index is 12.4. The van der Waals surface area contributed by atoms with Gasteiger partial charge in [-0.3, -0.25) is 4.79 Å². The molecule has 0 saturated carbocycles. The van der Waals surface area contributed by atoms with E-state index < -0.39 is 5.97 Å². The van der Waals surface area contributed by atoms with Crippen molar-refractivity contribution in [2.24, 2.45) is 11.8 Å². The zero-order valence-corrected chi connectivity index (χ0v) is 12.8. The van der Waals surface area contributed by atoms with Crippen molar-refractivity contribution in [2.45, 2.75) is 33.6 Å². The Hall–Kier alpha value is -1.91. The van der Waals surface area contributed by atoms with Crippen LogP contribution in [0.5, 0.6) is 0 Å². The number of carbonyl (C=O) groups is 2. The zero-order valence-electron chi connectivity index (χ0n) is 12.8. The number of aromatic carboxylic acids is 1. The van der Waals surface area contributed by atoms with Crippen LogP contribution < -0.4 is 0 Å². The van der Waals surface area contributed by atoms with Gasteiger partial charge in [-0.2, -0.15) is 0 Å². The van der Waals surface area contributed by atoms with Crippen LogP contribution in [-0.2, 0) is 0 Å². The molecule has 1 saturated heterocycles. The highest BCUT2D eigenvalue weighted by Crippen LogP contribution is 2.25. The second kappa shape index (κ2) is 6.24. The van der Waals surface area contributed by atoms with Crippen molar-refractivity contribution in [2.75, 3.05) is 13.1 Å². The number of aryl methyl sites for hydroxylation is 1. The van der Waals surface area contributed by atoms with Gasteiger partial charge in [0, 0.05) is 13.1 Å². The topological polar surface area (TPSA) is 70.5 Å². The first-order valence-corrected chi connectivity index (χ1v) is 7.40. The SMILES string of the molecule is Cc1nc(C(=O)N2CCC(C(C)C)CC2)ccc1C(=O)O. The first-order chi connectivity index (χ1) is 9.90. The number of amides is 1. The van der Waals surface area contributed by atoms with E-state index in [1.165, 1.54) is 12.1 Å². The Morgan fingerprint density at radius 1 is 1.29 bits per heavy atom. The minimum absolute atomic E-state index is 0.0998. The predicted octanol–water partition coefficient (Wildman–Crippen LogP) is 2.60. The van der Waals surface area contributed by atoms with Crippen LogP contribution in [0.4, 0.5) is 0 Å². The number of aromatic nitrogens is 1. The van der Waals surface area contributed by atoms with Crippen LogP contribution in [0.2, 0.25) is 0 Å². The molecule has 114 valence electrons. The number of hydrogen-bond acceptors (Lipinski definition) is 3. The van der Waals surface area contributed by atoms with Crippen molar-refractivity contribution in [3.05, 3.63) is 29.1 Å². The molecule has 1 aromatic rings. The Kier molecular flexibility index (Phi) is 4.60. The molecule has 2 heterocycles. The molecule has 0 bridgehead atoms. The summed E-state index contributed by atoms with van der Waals surface area (Å²) in [6.07, 6.45) is 2.05. The molecule has 0 unspecified atom stereocenters. The molecular formula is C16H22N2O3. The monoisotopic (exact) mass is 290 g/mol. The van der Waals surface area contributed by atoms with Crippen LogP contribution >= 0.6 is 0 Å². The van der Waals surface area contributed by atoms with Gasteiger partial charge in [0.05, 0.1) is 11.3 Å². The summed E-state index contributed by atoms with van der Waals surface area (Å²) in [5.74, 6) is 0.213. The lowest BCUT2D eigenvalue weighted by Crippen LogP contribution is -2.40. The first-order valence-electron chi connectivity index (χ1n) is 7.40. The summed E-state index contributed by atoms with van der Waals surface area (Å²) in [5, 5.41) is 8.99. The highest BCUT2D eigenvalue weighted by molar-refractivity contribution is 5.94. The number of carboxylic acids is 1. The zero-order chi connectivity index (χ0) is 15.6. The molecule has 1 aliphatic heterocycles. The highest BCUT2D eigenvalue weighted by atomic mass is 16.4.